The molecule has 0 aliphatic carbocycles. The molecule has 1 aliphatic rings. The lowest BCUT2D eigenvalue weighted by Crippen LogP contribution is -2.36. The van der Waals surface area contributed by atoms with E-state index < -0.39 is 0 Å². The minimum atomic E-state index is 0.814. The van der Waals surface area contributed by atoms with E-state index in [1.54, 1.807) is 6.20 Å². The van der Waals surface area contributed by atoms with Crippen LogP contribution in [0.4, 0.5) is 0 Å². The lowest BCUT2D eigenvalue weighted by Gasteiger charge is -2.14. The van der Waals surface area contributed by atoms with Crippen molar-refractivity contribution in [3.8, 4) is 0 Å². The molecule has 5 nitrogen and oxygen atoms in total. The van der Waals surface area contributed by atoms with Gasteiger partial charge in [0.25, 0.3) is 0 Å². The molecule has 4 N–H and O–H groups in total. The highest BCUT2D eigenvalue weighted by atomic mass is 15.7. The second kappa shape index (κ2) is 7.76. The molecule has 0 unspecified atom stereocenters. The molecule has 1 aromatic rings. The Kier molecular flexibility index (Phi) is 5.65. The van der Waals surface area contributed by atoms with E-state index in [1.807, 2.05) is 18.3 Å². The second-order valence-corrected chi connectivity index (χ2v) is 4.77. The van der Waals surface area contributed by atoms with Gasteiger partial charge < -0.3 is 11.2 Å². The molecule has 2 rings (SSSR count). The monoisotopic (exact) mass is 261 g/mol. The van der Waals surface area contributed by atoms with Crippen molar-refractivity contribution in [2.24, 2.45) is 5.73 Å². The van der Waals surface area contributed by atoms with E-state index >= 15 is 0 Å². The van der Waals surface area contributed by atoms with Crippen LogP contribution in [0.25, 0.3) is 5.70 Å². The molecule has 104 valence electrons. The molecule has 1 aliphatic heterocycles. The minimum absolute atomic E-state index is 0.814. The van der Waals surface area contributed by atoms with Crippen LogP contribution in [0.1, 0.15) is 37.7 Å². The molecular formula is C14H23N5. The number of pyridine rings is 1. The summed E-state index contributed by atoms with van der Waals surface area (Å²) < 4.78 is 0. The standard InChI is InChI=1S/C14H23N5/c15-8-4-2-1-3-5-10-19-12-14(17-18-19)13-7-6-9-16-11-13/h6-7,9,11-12,17-18H,1-5,8,10,15H2. The SMILES string of the molecule is NCCCCCCCN1C=C(c2cccnc2)NN1. The molecule has 0 radical (unpaired) electrons. The highest BCUT2D eigenvalue weighted by Crippen LogP contribution is 2.13. The molecule has 0 amide bonds. The first-order valence-corrected chi connectivity index (χ1v) is 7.01. The molecule has 0 aromatic carbocycles. The summed E-state index contributed by atoms with van der Waals surface area (Å²) in [6.07, 6.45) is 11.9. The van der Waals surface area contributed by atoms with Crippen LogP contribution in [0.5, 0.6) is 0 Å². The Morgan fingerprint density at radius 1 is 1.16 bits per heavy atom. The van der Waals surface area contributed by atoms with Crippen molar-refractivity contribution >= 4 is 5.70 Å². The number of unbranched alkanes of at least 4 members (excludes halogenated alkanes) is 4. The first-order valence-electron chi connectivity index (χ1n) is 7.01. The van der Waals surface area contributed by atoms with Gasteiger partial charge in [0, 0.05) is 30.7 Å². The fraction of sp³-hybridized carbons (Fsp3) is 0.500. The van der Waals surface area contributed by atoms with Gasteiger partial charge in [0.15, 0.2) is 0 Å². The highest BCUT2D eigenvalue weighted by Gasteiger charge is 2.11. The van der Waals surface area contributed by atoms with E-state index in [4.69, 9.17) is 5.73 Å². The van der Waals surface area contributed by atoms with Crippen molar-refractivity contribution in [1.82, 2.24) is 21.0 Å². The summed E-state index contributed by atoms with van der Waals surface area (Å²) in [6.45, 7) is 1.83. The Morgan fingerprint density at radius 3 is 2.79 bits per heavy atom. The van der Waals surface area contributed by atoms with Gasteiger partial charge in [-0.1, -0.05) is 19.3 Å². The number of hydrogen-bond acceptors (Lipinski definition) is 5. The van der Waals surface area contributed by atoms with E-state index in [9.17, 15) is 0 Å². The Hall–Kier alpha value is -1.59. The fourth-order valence-corrected chi connectivity index (χ4v) is 2.10. The molecule has 0 spiro atoms. The Bertz CT molecular complexity index is 390. The van der Waals surface area contributed by atoms with Crippen LogP contribution >= 0.6 is 0 Å². The lowest BCUT2D eigenvalue weighted by molar-refractivity contribution is 0.266. The third-order valence-electron chi connectivity index (χ3n) is 3.19. The number of hydrogen-bond donors (Lipinski definition) is 3. The van der Waals surface area contributed by atoms with Crippen molar-refractivity contribution in [2.75, 3.05) is 13.1 Å². The lowest BCUT2D eigenvalue weighted by atomic mass is 10.1. The molecule has 0 saturated carbocycles. The minimum Gasteiger partial charge on any atom is -0.330 e. The summed E-state index contributed by atoms with van der Waals surface area (Å²) in [6, 6.07) is 3.99. The topological polar surface area (TPSA) is 66.2 Å². The average molecular weight is 261 g/mol. The summed E-state index contributed by atoms with van der Waals surface area (Å²) in [4.78, 5) is 4.12. The van der Waals surface area contributed by atoms with Crippen molar-refractivity contribution in [2.45, 2.75) is 32.1 Å². The largest absolute Gasteiger partial charge is 0.330 e. The predicted octanol–water partition coefficient (Wildman–Crippen LogP) is 1.61. The Morgan fingerprint density at radius 2 is 2.00 bits per heavy atom. The molecule has 2 heterocycles. The second-order valence-electron chi connectivity index (χ2n) is 4.77. The van der Waals surface area contributed by atoms with Gasteiger partial charge in [-0.25, -0.2) is 0 Å². The van der Waals surface area contributed by atoms with Crippen LogP contribution in [0.15, 0.2) is 30.7 Å². The van der Waals surface area contributed by atoms with Crippen LogP contribution in [-0.4, -0.2) is 23.1 Å². The van der Waals surface area contributed by atoms with Gasteiger partial charge >= 0.3 is 0 Å². The van der Waals surface area contributed by atoms with E-state index in [0.717, 1.165) is 30.8 Å². The summed E-state index contributed by atoms with van der Waals surface area (Å²) in [5.41, 5.74) is 14.0. The quantitative estimate of drug-likeness (QED) is 0.620. The Labute approximate surface area is 114 Å². The van der Waals surface area contributed by atoms with Gasteiger partial charge in [-0.05, 0) is 31.5 Å². The maximum absolute atomic E-state index is 5.47. The van der Waals surface area contributed by atoms with E-state index in [-0.39, 0.29) is 0 Å². The van der Waals surface area contributed by atoms with Gasteiger partial charge in [-0.2, -0.15) is 0 Å². The van der Waals surface area contributed by atoms with Crippen molar-refractivity contribution < 1.29 is 0 Å². The number of aromatic nitrogens is 1. The molecule has 0 fully saturated rings. The first-order chi connectivity index (χ1) is 9.40. The van der Waals surface area contributed by atoms with Gasteiger partial charge in [-0.15, -0.1) is 5.53 Å². The predicted molar refractivity (Wildman–Crippen MR) is 77.3 cm³/mol. The number of nitrogens with zero attached hydrogens (tertiary/aromatic N) is 2. The molecule has 0 bridgehead atoms. The number of nitrogens with two attached hydrogens (primary N) is 1. The molecular weight excluding hydrogens is 238 g/mol. The van der Waals surface area contributed by atoms with Crippen LogP contribution < -0.4 is 16.7 Å². The number of nitrogens with one attached hydrogen (secondary N) is 2. The highest BCUT2D eigenvalue weighted by molar-refractivity contribution is 5.63. The molecule has 5 heteroatoms. The maximum Gasteiger partial charge on any atom is 0.0767 e. The zero-order valence-electron chi connectivity index (χ0n) is 11.3. The molecule has 19 heavy (non-hydrogen) atoms. The van der Waals surface area contributed by atoms with Gasteiger partial charge in [0.1, 0.15) is 0 Å². The van der Waals surface area contributed by atoms with Crippen molar-refractivity contribution in [3.05, 3.63) is 36.3 Å². The first kappa shape index (κ1) is 13.8. The number of rotatable bonds is 8. The third-order valence-corrected chi connectivity index (χ3v) is 3.19. The third kappa shape index (κ3) is 4.54. The summed E-state index contributed by atoms with van der Waals surface area (Å²) in [5, 5.41) is 2.09. The van der Waals surface area contributed by atoms with Crippen LogP contribution in [0.3, 0.4) is 0 Å². The van der Waals surface area contributed by atoms with Gasteiger partial charge in [-0.3, -0.25) is 9.99 Å². The molecule has 1 aromatic heterocycles. The number of hydrazine groups is 2. The zero-order chi connectivity index (χ0) is 13.3. The summed E-state index contributed by atoms with van der Waals surface area (Å²) in [7, 11) is 0. The normalized spacial score (nSPS) is 14.4. The van der Waals surface area contributed by atoms with E-state index in [1.165, 1.54) is 25.7 Å². The summed E-state index contributed by atoms with van der Waals surface area (Å²) >= 11 is 0. The molecule has 0 saturated heterocycles. The average Bonchev–Trinajstić information content (AvgIpc) is 2.92. The van der Waals surface area contributed by atoms with Gasteiger partial charge in [0.2, 0.25) is 0 Å². The van der Waals surface area contributed by atoms with Crippen molar-refractivity contribution in [1.29, 1.82) is 0 Å². The maximum atomic E-state index is 5.47. The molecule has 0 atom stereocenters. The van der Waals surface area contributed by atoms with Crippen LogP contribution in [0, 0.1) is 0 Å². The Balaban J connectivity index is 1.68. The summed E-state index contributed by atoms with van der Waals surface area (Å²) in [5.74, 6) is 0. The van der Waals surface area contributed by atoms with Crippen LogP contribution in [-0.2, 0) is 0 Å². The van der Waals surface area contributed by atoms with E-state index in [0.29, 0.717) is 0 Å². The van der Waals surface area contributed by atoms with Crippen LogP contribution in [0.2, 0.25) is 0 Å². The zero-order valence-corrected chi connectivity index (χ0v) is 11.3. The fourth-order valence-electron chi connectivity index (χ4n) is 2.10. The smallest absolute Gasteiger partial charge is 0.0767 e. The van der Waals surface area contributed by atoms with Gasteiger partial charge in [0.05, 0.1) is 5.70 Å². The van der Waals surface area contributed by atoms with Crippen molar-refractivity contribution in [3.63, 3.8) is 0 Å². The van der Waals surface area contributed by atoms with E-state index in [2.05, 4.69) is 27.2 Å².